The fraction of sp³-hybridized carbons (Fsp3) is 0.846. The molecule has 0 heterocycles. The molecular weight excluding hydrogens is 234 g/mol. The Bertz CT molecular complexity index is 309. The highest BCUT2D eigenvalue weighted by atomic mass is 16.6. The number of esters is 1. The van der Waals surface area contributed by atoms with E-state index in [1.54, 1.807) is 0 Å². The zero-order valence-electron chi connectivity index (χ0n) is 11.6. The van der Waals surface area contributed by atoms with Gasteiger partial charge in [0.2, 0.25) is 0 Å². The maximum atomic E-state index is 11.7. The van der Waals surface area contributed by atoms with E-state index < -0.39 is 11.7 Å². The molecule has 0 bridgehead atoms. The minimum atomic E-state index is -0.499. The van der Waals surface area contributed by atoms with Crippen molar-refractivity contribution in [2.45, 2.75) is 58.1 Å². The fourth-order valence-electron chi connectivity index (χ4n) is 2.23. The van der Waals surface area contributed by atoms with Crippen LogP contribution in [0.4, 0.5) is 4.79 Å². The fourth-order valence-corrected chi connectivity index (χ4v) is 2.23. The van der Waals surface area contributed by atoms with Gasteiger partial charge in [-0.15, -0.1) is 0 Å². The molecule has 0 unspecified atom stereocenters. The molecule has 1 fully saturated rings. The Balaban J connectivity index is 2.45. The Morgan fingerprint density at radius 1 is 1.28 bits per heavy atom. The van der Waals surface area contributed by atoms with Gasteiger partial charge in [-0.25, -0.2) is 4.79 Å². The molecule has 1 aliphatic rings. The molecule has 0 saturated heterocycles. The molecule has 0 aromatic rings. The van der Waals surface area contributed by atoms with Gasteiger partial charge in [0.15, 0.2) is 0 Å². The molecule has 1 amide bonds. The predicted octanol–water partition coefficient (Wildman–Crippen LogP) is 2.24. The molecule has 1 N–H and O–H groups in total. The van der Waals surface area contributed by atoms with Gasteiger partial charge in [-0.3, -0.25) is 4.79 Å². The minimum absolute atomic E-state index is 0.0129. The third kappa shape index (κ3) is 4.94. The second kappa shape index (κ2) is 6.07. The Morgan fingerprint density at radius 2 is 1.94 bits per heavy atom. The van der Waals surface area contributed by atoms with E-state index in [1.807, 2.05) is 20.8 Å². The van der Waals surface area contributed by atoms with E-state index >= 15 is 0 Å². The van der Waals surface area contributed by atoms with Gasteiger partial charge in [0, 0.05) is 6.04 Å². The number of carbonyl (C=O) groups is 2. The smallest absolute Gasteiger partial charge is 0.407 e. The maximum absolute atomic E-state index is 11.7. The van der Waals surface area contributed by atoms with Gasteiger partial charge < -0.3 is 14.8 Å². The lowest BCUT2D eigenvalue weighted by Crippen LogP contribution is -2.41. The van der Waals surface area contributed by atoms with Crippen molar-refractivity contribution in [3.8, 4) is 0 Å². The van der Waals surface area contributed by atoms with Crippen molar-refractivity contribution in [2.75, 3.05) is 7.11 Å². The number of ether oxygens (including phenoxy) is 2. The van der Waals surface area contributed by atoms with Gasteiger partial charge in [0.1, 0.15) is 5.60 Å². The quantitative estimate of drug-likeness (QED) is 0.787. The van der Waals surface area contributed by atoms with Crippen molar-refractivity contribution >= 4 is 12.1 Å². The van der Waals surface area contributed by atoms with E-state index in [9.17, 15) is 9.59 Å². The van der Waals surface area contributed by atoms with Crippen LogP contribution in [0.2, 0.25) is 0 Å². The summed E-state index contributed by atoms with van der Waals surface area (Å²) in [5.74, 6) is -0.0668. The lowest BCUT2D eigenvalue weighted by molar-refractivity contribution is -0.141. The van der Waals surface area contributed by atoms with Gasteiger partial charge >= 0.3 is 12.1 Å². The van der Waals surface area contributed by atoms with Gasteiger partial charge in [0.05, 0.1) is 13.5 Å². The van der Waals surface area contributed by atoms with E-state index in [2.05, 4.69) is 10.1 Å². The number of hydrogen-bond acceptors (Lipinski definition) is 4. The molecule has 0 aliphatic heterocycles. The molecule has 1 rings (SSSR count). The van der Waals surface area contributed by atoms with Crippen LogP contribution in [0.5, 0.6) is 0 Å². The number of hydrogen-bond donors (Lipinski definition) is 1. The van der Waals surface area contributed by atoms with E-state index in [4.69, 9.17) is 4.74 Å². The zero-order valence-corrected chi connectivity index (χ0v) is 11.6. The molecule has 0 spiro atoms. The van der Waals surface area contributed by atoms with Crippen LogP contribution >= 0.6 is 0 Å². The third-order valence-electron chi connectivity index (χ3n) is 3.02. The van der Waals surface area contributed by atoms with Gasteiger partial charge in [-0.2, -0.15) is 0 Å². The van der Waals surface area contributed by atoms with E-state index in [-0.39, 0.29) is 17.9 Å². The van der Waals surface area contributed by atoms with Crippen LogP contribution < -0.4 is 5.32 Å². The number of methoxy groups -OCH3 is 1. The predicted molar refractivity (Wildman–Crippen MR) is 67.1 cm³/mol. The number of amides is 1. The summed E-state index contributed by atoms with van der Waals surface area (Å²) in [5, 5.41) is 2.85. The van der Waals surface area contributed by atoms with Crippen molar-refractivity contribution in [1.82, 2.24) is 5.32 Å². The zero-order chi connectivity index (χ0) is 13.8. The molecule has 104 valence electrons. The molecule has 1 aliphatic carbocycles. The van der Waals surface area contributed by atoms with Gasteiger partial charge in [0.25, 0.3) is 0 Å². The lowest BCUT2D eigenvalue weighted by atomic mass is 10.00. The van der Waals surface area contributed by atoms with Crippen LogP contribution in [0.3, 0.4) is 0 Å². The Hall–Kier alpha value is -1.26. The highest BCUT2D eigenvalue weighted by Crippen LogP contribution is 2.29. The highest BCUT2D eigenvalue weighted by molar-refractivity contribution is 5.70. The average Bonchev–Trinajstić information content (AvgIpc) is 2.62. The van der Waals surface area contributed by atoms with Crippen molar-refractivity contribution in [3.63, 3.8) is 0 Å². The molecule has 18 heavy (non-hydrogen) atoms. The largest absolute Gasteiger partial charge is 0.469 e. The Labute approximate surface area is 108 Å². The third-order valence-corrected chi connectivity index (χ3v) is 3.02. The first-order chi connectivity index (χ1) is 8.31. The average molecular weight is 257 g/mol. The highest BCUT2D eigenvalue weighted by Gasteiger charge is 2.31. The van der Waals surface area contributed by atoms with Crippen molar-refractivity contribution in [2.24, 2.45) is 5.92 Å². The summed E-state index contributed by atoms with van der Waals surface area (Å²) >= 11 is 0. The summed E-state index contributed by atoms with van der Waals surface area (Å²) < 4.78 is 9.88. The second-order valence-corrected chi connectivity index (χ2v) is 5.72. The molecule has 2 atom stereocenters. The molecule has 1 saturated carbocycles. The van der Waals surface area contributed by atoms with Crippen LogP contribution in [0.15, 0.2) is 0 Å². The van der Waals surface area contributed by atoms with Crippen LogP contribution in [-0.4, -0.2) is 30.8 Å². The summed E-state index contributed by atoms with van der Waals surface area (Å²) in [7, 11) is 1.38. The number of nitrogens with one attached hydrogen (secondary N) is 1. The van der Waals surface area contributed by atoms with Crippen LogP contribution in [0.1, 0.15) is 46.5 Å². The van der Waals surface area contributed by atoms with Crippen molar-refractivity contribution in [3.05, 3.63) is 0 Å². The summed E-state index contributed by atoms with van der Waals surface area (Å²) in [6.07, 6.45) is 2.79. The first kappa shape index (κ1) is 14.8. The maximum Gasteiger partial charge on any atom is 0.407 e. The summed E-state index contributed by atoms with van der Waals surface area (Å²) in [4.78, 5) is 22.9. The molecule has 0 aromatic carbocycles. The van der Waals surface area contributed by atoms with Crippen LogP contribution in [0, 0.1) is 5.92 Å². The first-order valence-corrected chi connectivity index (χ1v) is 6.38. The Kier molecular flexibility index (Phi) is 4.99. The van der Waals surface area contributed by atoms with Crippen LogP contribution in [-0.2, 0) is 14.3 Å². The Morgan fingerprint density at radius 3 is 2.50 bits per heavy atom. The number of alkyl carbamates (subject to hydrolysis) is 1. The standard InChI is InChI=1S/C13H23NO4/c1-13(2,3)18-12(16)14-10-7-5-6-9(10)8-11(15)17-4/h9-10H,5-8H2,1-4H3,(H,14,16)/t9-,10-/m1/s1. The summed E-state index contributed by atoms with van der Waals surface area (Å²) in [6, 6.07) is 0.0129. The van der Waals surface area contributed by atoms with Crippen molar-refractivity contribution < 1.29 is 19.1 Å². The number of rotatable bonds is 3. The summed E-state index contributed by atoms with van der Waals surface area (Å²) in [6.45, 7) is 5.48. The molecule has 5 nitrogen and oxygen atoms in total. The SMILES string of the molecule is COC(=O)C[C@H]1CCC[C@H]1NC(=O)OC(C)(C)C. The minimum Gasteiger partial charge on any atom is -0.469 e. The van der Waals surface area contributed by atoms with E-state index in [0.29, 0.717) is 6.42 Å². The van der Waals surface area contributed by atoms with E-state index in [0.717, 1.165) is 19.3 Å². The summed E-state index contributed by atoms with van der Waals surface area (Å²) in [5.41, 5.74) is -0.499. The molecule has 0 aromatic heterocycles. The normalized spacial score (nSPS) is 23.6. The van der Waals surface area contributed by atoms with Gasteiger partial charge in [-0.05, 0) is 39.5 Å². The topological polar surface area (TPSA) is 64.6 Å². The molecule has 0 radical (unpaired) electrons. The number of carbonyl (C=O) groups excluding carboxylic acids is 2. The monoisotopic (exact) mass is 257 g/mol. The lowest BCUT2D eigenvalue weighted by Gasteiger charge is -2.24. The van der Waals surface area contributed by atoms with Crippen molar-refractivity contribution in [1.29, 1.82) is 0 Å². The molecular formula is C13H23NO4. The molecule has 5 heteroatoms. The second-order valence-electron chi connectivity index (χ2n) is 5.72. The van der Waals surface area contributed by atoms with Crippen LogP contribution in [0.25, 0.3) is 0 Å². The van der Waals surface area contributed by atoms with E-state index in [1.165, 1.54) is 7.11 Å². The first-order valence-electron chi connectivity index (χ1n) is 6.38. The van der Waals surface area contributed by atoms with Gasteiger partial charge in [-0.1, -0.05) is 6.42 Å².